The number of nitrogens with zero attached hydrogens (tertiary/aromatic N) is 2. The number of halogens is 1. The van der Waals surface area contributed by atoms with Crippen LogP contribution in [-0.2, 0) is 0 Å². The lowest BCUT2D eigenvalue weighted by atomic mass is 10.1. The molecule has 0 aliphatic carbocycles. The molecule has 1 saturated heterocycles. The Morgan fingerprint density at radius 2 is 1.85 bits per heavy atom. The number of carbonyl (C=O) groups is 1. The van der Waals surface area contributed by atoms with Crippen LogP contribution in [0.25, 0.3) is 10.9 Å². The number of fused-ring (bicyclic) bond motifs is 1. The number of piperazine rings is 1. The molecule has 0 saturated carbocycles. The van der Waals surface area contributed by atoms with Crippen LogP contribution in [0.5, 0.6) is 0 Å². The van der Waals surface area contributed by atoms with Gasteiger partial charge in [0, 0.05) is 59.6 Å². The molecular formula is C22H24ClN3O. The van der Waals surface area contributed by atoms with Gasteiger partial charge in [-0.2, -0.15) is 0 Å². The lowest BCUT2D eigenvalue weighted by Crippen LogP contribution is -2.48. The number of aryl methyl sites for hydroxylation is 2. The number of nitrogens with one attached hydrogen (secondary N) is 1. The molecule has 1 fully saturated rings. The Labute approximate surface area is 164 Å². The van der Waals surface area contributed by atoms with Crippen LogP contribution in [-0.4, -0.2) is 48.4 Å². The molecule has 0 spiro atoms. The number of hydrogen-bond donors (Lipinski definition) is 1. The Balaban J connectivity index is 1.42. The molecule has 4 nitrogen and oxygen atoms in total. The van der Waals surface area contributed by atoms with Crippen molar-refractivity contribution >= 4 is 34.0 Å². The van der Waals surface area contributed by atoms with E-state index in [1.807, 2.05) is 24.4 Å². The number of H-pyrrole nitrogens is 1. The monoisotopic (exact) mass is 381 g/mol. The van der Waals surface area contributed by atoms with E-state index in [1.165, 1.54) is 16.8 Å². The Hall–Kier alpha value is -2.30. The smallest absolute Gasteiger partial charge is 0.178 e. The Morgan fingerprint density at radius 1 is 1.07 bits per heavy atom. The number of hydrogen-bond acceptors (Lipinski definition) is 3. The van der Waals surface area contributed by atoms with E-state index in [-0.39, 0.29) is 5.78 Å². The van der Waals surface area contributed by atoms with Gasteiger partial charge in [-0.05, 0) is 43.7 Å². The fraction of sp³-hybridized carbons (Fsp3) is 0.318. The van der Waals surface area contributed by atoms with Crippen molar-refractivity contribution in [3.63, 3.8) is 0 Å². The first kappa shape index (κ1) is 18.1. The van der Waals surface area contributed by atoms with E-state index < -0.39 is 0 Å². The highest BCUT2D eigenvalue weighted by Crippen LogP contribution is 2.26. The van der Waals surface area contributed by atoms with E-state index >= 15 is 0 Å². The third-order valence-electron chi connectivity index (χ3n) is 5.39. The third-order valence-corrected chi connectivity index (χ3v) is 5.62. The van der Waals surface area contributed by atoms with Gasteiger partial charge in [-0.15, -0.1) is 0 Å². The van der Waals surface area contributed by atoms with Crippen molar-refractivity contribution in [2.24, 2.45) is 0 Å². The summed E-state index contributed by atoms with van der Waals surface area (Å²) in [6.45, 7) is 8.18. The lowest BCUT2D eigenvalue weighted by Gasteiger charge is -2.36. The van der Waals surface area contributed by atoms with Gasteiger partial charge in [-0.25, -0.2) is 0 Å². The molecule has 27 heavy (non-hydrogen) atoms. The zero-order valence-electron chi connectivity index (χ0n) is 15.8. The molecule has 1 aliphatic heterocycles. The molecule has 2 heterocycles. The molecule has 1 N–H and O–H groups in total. The van der Waals surface area contributed by atoms with E-state index in [4.69, 9.17) is 11.6 Å². The SMILES string of the molecule is Cc1ccc2[nH]cc(C(=O)CN3CCN(c4cc(Cl)ccc4C)CC3)c2c1. The predicted molar refractivity (Wildman–Crippen MR) is 112 cm³/mol. The molecule has 0 unspecified atom stereocenters. The predicted octanol–water partition coefficient (Wildman–Crippen LogP) is 4.44. The zero-order valence-corrected chi connectivity index (χ0v) is 16.5. The number of Topliss-reactive ketones (excluding diaryl/α,β-unsaturated/α-hetero) is 1. The van der Waals surface area contributed by atoms with Crippen molar-refractivity contribution in [3.05, 3.63) is 64.3 Å². The van der Waals surface area contributed by atoms with Gasteiger partial charge >= 0.3 is 0 Å². The second-order valence-electron chi connectivity index (χ2n) is 7.37. The van der Waals surface area contributed by atoms with Gasteiger partial charge in [-0.1, -0.05) is 29.3 Å². The van der Waals surface area contributed by atoms with Gasteiger partial charge in [0.2, 0.25) is 0 Å². The van der Waals surface area contributed by atoms with Crippen LogP contribution in [0.1, 0.15) is 21.5 Å². The molecule has 4 rings (SSSR count). The van der Waals surface area contributed by atoms with E-state index in [9.17, 15) is 4.79 Å². The second-order valence-corrected chi connectivity index (χ2v) is 7.81. The number of ketones is 1. The van der Waals surface area contributed by atoms with Crippen LogP contribution in [0.3, 0.4) is 0 Å². The largest absolute Gasteiger partial charge is 0.369 e. The van der Waals surface area contributed by atoms with Gasteiger partial charge < -0.3 is 9.88 Å². The topological polar surface area (TPSA) is 39.3 Å². The summed E-state index contributed by atoms with van der Waals surface area (Å²) in [6, 6.07) is 12.2. The number of aromatic nitrogens is 1. The maximum atomic E-state index is 12.9. The first-order valence-electron chi connectivity index (χ1n) is 9.35. The minimum absolute atomic E-state index is 0.180. The molecule has 0 radical (unpaired) electrons. The fourth-order valence-corrected chi connectivity index (χ4v) is 3.99. The van der Waals surface area contributed by atoms with Crippen LogP contribution in [0.4, 0.5) is 5.69 Å². The first-order valence-corrected chi connectivity index (χ1v) is 9.73. The van der Waals surface area contributed by atoms with Crippen molar-refractivity contribution in [1.29, 1.82) is 0 Å². The molecular weight excluding hydrogens is 358 g/mol. The number of carbonyl (C=O) groups excluding carboxylic acids is 1. The minimum atomic E-state index is 0.180. The standard InChI is InChI=1S/C22H24ClN3O/c1-15-3-6-20-18(11-15)19(13-24-20)22(27)14-25-7-9-26(10-8-25)21-12-17(23)5-4-16(21)2/h3-6,11-13,24H,7-10,14H2,1-2H3. The quantitative estimate of drug-likeness (QED) is 0.679. The van der Waals surface area contributed by atoms with Crippen molar-refractivity contribution in [3.8, 4) is 0 Å². The van der Waals surface area contributed by atoms with Crippen LogP contribution < -0.4 is 4.90 Å². The molecule has 0 amide bonds. The third kappa shape index (κ3) is 3.73. The average Bonchev–Trinajstić information content (AvgIpc) is 3.07. The first-order chi connectivity index (χ1) is 13.0. The fourth-order valence-electron chi connectivity index (χ4n) is 3.82. The molecule has 0 atom stereocenters. The highest BCUT2D eigenvalue weighted by atomic mass is 35.5. The summed E-state index contributed by atoms with van der Waals surface area (Å²) >= 11 is 6.16. The number of benzene rings is 2. The van der Waals surface area contributed by atoms with Crippen molar-refractivity contribution in [2.75, 3.05) is 37.6 Å². The van der Waals surface area contributed by atoms with Gasteiger partial charge in [-0.3, -0.25) is 9.69 Å². The molecule has 5 heteroatoms. The minimum Gasteiger partial charge on any atom is -0.369 e. The van der Waals surface area contributed by atoms with Crippen LogP contribution in [0.15, 0.2) is 42.6 Å². The molecule has 3 aromatic rings. The normalized spacial score (nSPS) is 15.4. The van der Waals surface area contributed by atoms with Crippen molar-refractivity contribution in [2.45, 2.75) is 13.8 Å². The molecule has 1 aromatic heterocycles. The molecule has 140 valence electrons. The summed E-state index contributed by atoms with van der Waals surface area (Å²) in [4.78, 5) is 20.7. The van der Waals surface area contributed by atoms with Crippen LogP contribution >= 0.6 is 11.6 Å². The van der Waals surface area contributed by atoms with Crippen LogP contribution in [0.2, 0.25) is 5.02 Å². The molecule has 2 aromatic carbocycles. The maximum Gasteiger partial charge on any atom is 0.178 e. The average molecular weight is 382 g/mol. The van der Waals surface area contributed by atoms with E-state index in [0.717, 1.165) is 47.7 Å². The second kappa shape index (κ2) is 7.37. The summed E-state index contributed by atoms with van der Waals surface area (Å²) in [5.41, 5.74) is 5.41. The van der Waals surface area contributed by atoms with E-state index in [1.54, 1.807) is 0 Å². The molecule has 0 bridgehead atoms. The summed E-state index contributed by atoms with van der Waals surface area (Å²) in [5, 5.41) is 1.79. The molecule has 1 aliphatic rings. The van der Waals surface area contributed by atoms with Crippen LogP contribution in [0, 0.1) is 13.8 Å². The van der Waals surface area contributed by atoms with Crippen molar-refractivity contribution in [1.82, 2.24) is 9.88 Å². The maximum absolute atomic E-state index is 12.9. The van der Waals surface area contributed by atoms with Gasteiger partial charge in [0.1, 0.15) is 0 Å². The summed E-state index contributed by atoms with van der Waals surface area (Å²) in [5.74, 6) is 0.180. The zero-order chi connectivity index (χ0) is 19.0. The highest BCUT2D eigenvalue weighted by Gasteiger charge is 2.22. The van der Waals surface area contributed by atoms with Gasteiger partial charge in [0.15, 0.2) is 5.78 Å². The van der Waals surface area contributed by atoms with E-state index in [0.29, 0.717) is 6.54 Å². The Kier molecular flexibility index (Phi) is 4.94. The highest BCUT2D eigenvalue weighted by molar-refractivity contribution is 6.30. The summed E-state index contributed by atoms with van der Waals surface area (Å²) in [7, 11) is 0. The van der Waals surface area contributed by atoms with Gasteiger partial charge in [0.25, 0.3) is 0 Å². The Morgan fingerprint density at radius 3 is 2.63 bits per heavy atom. The lowest BCUT2D eigenvalue weighted by molar-refractivity contribution is 0.0928. The summed E-state index contributed by atoms with van der Waals surface area (Å²) < 4.78 is 0. The number of rotatable bonds is 4. The van der Waals surface area contributed by atoms with E-state index in [2.05, 4.69) is 46.8 Å². The van der Waals surface area contributed by atoms with Gasteiger partial charge in [0.05, 0.1) is 6.54 Å². The Bertz CT molecular complexity index is 986. The number of anilines is 1. The summed E-state index contributed by atoms with van der Waals surface area (Å²) in [6.07, 6.45) is 1.85. The number of aromatic amines is 1. The van der Waals surface area contributed by atoms with Crippen molar-refractivity contribution < 1.29 is 4.79 Å².